The van der Waals surface area contributed by atoms with Crippen LogP contribution in [0.25, 0.3) is 0 Å². The molecule has 1 fully saturated rings. The number of hydrogen-bond donors (Lipinski definition) is 0. The van der Waals surface area contributed by atoms with Crippen LogP contribution in [-0.4, -0.2) is 24.2 Å². The van der Waals surface area contributed by atoms with Crippen molar-refractivity contribution in [3.8, 4) is 6.07 Å². The summed E-state index contributed by atoms with van der Waals surface area (Å²) in [4.78, 5) is 23.6. The maximum absolute atomic E-state index is 13.2. The van der Waals surface area contributed by atoms with Crippen LogP contribution >= 0.6 is 0 Å². The van der Waals surface area contributed by atoms with Crippen molar-refractivity contribution in [2.24, 2.45) is 0 Å². The summed E-state index contributed by atoms with van der Waals surface area (Å²) in [6.45, 7) is 2.35. The number of carbonyl (C=O) groups is 2. The molecule has 1 aliphatic heterocycles. The molecule has 6 nitrogen and oxygen atoms in total. The summed E-state index contributed by atoms with van der Waals surface area (Å²) in [5.74, 6) is -1.65. The van der Waals surface area contributed by atoms with Gasteiger partial charge in [-0.2, -0.15) is 18.4 Å². The average Bonchev–Trinajstić information content (AvgIpc) is 2.71. The summed E-state index contributed by atoms with van der Waals surface area (Å²) >= 11 is 0. The number of amides is 1. The monoisotopic (exact) mass is 327 g/mol. The lowest BCUT2D eigenvalue weighted by Crippen LogP contribution is -2.49. The molecule has 9 heteroatoms. The van der Waals surface area contributed by atoms with Crippen LogP contribution in [0.3, 0.4) is 0 Å². The summed E-state index contributed by atoms with van der Waals surface area (Å²) in [6.07, 6.45) is -7.01. The van der Waals surface area contributed by atoms with E-state index in [-0.39, 0.29) is 5.69 Å². The number of rotatable bonds is 2. The minimum atomic E-state index is -4.84. The maximum Gasteiger partial charge on any atom is 0.418 e. The molecule has 1 aromatic carbocycles. The van der Waals surface area contributed by atoms with Crippen molar-refractivity contribution in [1.82, 2.24) is 0 Å². The Labute approximate surface area is 128 Å². The third-order valence-electron chi connectivity index (χ3n) is 3.55. The zero-order valence-corrected chi connectivity index (χ0v) is 12.0. The fourth-order valence-electron chi connectivity index (χ4n) is 2.57. The zero-order chi connectivity index (χ0) is 17.5. The van der Waals surface area contributed by atoms with E-state index >= 15 is 0 Å². The van der Waals surface area contributed by atoms with Crippen LogP contribution in [-0.2, 0) is 15.7 Å². The molecule has 23 heavy (non-hydrogen) atoms. The van der Waals surface area contributed by atoms with Crippen LogP contribution in [0.1, 0.15) is 23.6 Å². The number of nitrogens with zero attached hydrogens (tertiary/aromatic N) is 2. The molecule has 1 aliphatic rings. The van der Waals surface area contributed by atoms with Crippen LogP contribution in [0.15, 0.2) is 12.1 Å². The zero-order valence-electron chi connectivity index (χ0n) is 12.0. The number of benzene rings is 1. The van der Waals surface area contributed by atoms with E-state index in [9.17, 15) is 27.9 Å². The number of halogens is 3. The topological polar surface area (TPSA) is 93.5 Å². The van der Waals surface area contributed by atoms with E-state index in [1.54, 1.807) is 0 Å². The Morgan fingerprint density at radius 2 is 2.04 bits per heavy atom. The van der Waals surface area contributed by atoms with Gasteiger partial charge in [-0.3, -0.25) is 4.90 Å². The van der Waals surface area contributed by atoms with Crippen molar-refractivity contribution in [2.45, 2.75) is 32.2 Å². The SMILES string of the molecule is Cc1c(N2C(=O)OC(C)C2C(=O)[O-])ccc(C#N)c1C(F)(F)F. The van der Waals surface area contributed by atoms with Gasteiger partial charge in [0.25, 0.3) is 0 Å². The first-order chi connectivity index (χ1) is 10.6. The van der Waals surface area contributed by atoms with Gasteiger partial charge in [-0.1, -0.05) is 0 Å². The Morgan fingerprint density at radius 1 is 1.43 bits per heavy atom. The number of aliphatic carboxylic acids is 1. The van der Waals surface area contributed by atoms with Gasteiger partial charge in [0.1, 0.15) is 12.1 Å². The molecule has 0 aromatic heterocycles. The van der Waals surface area contributed by atoms with Gasteiger partial charge in [-0.15, -0.1) is 0 Å². The predicted molar refractivity (Wildman–Crippen MR) is 68.1 cm³/mol. The van der Waals surface area contributed by atoms with E-state index in [0.717, 1.165) is 19.1 Å². The fourth-order valence-corrected chi connectivity index (χ4v) is 2.57. The van der Waals surface area contributed by atoms with Gasteiger partial charge in [0.05, 0.1) is 28.9 Å². The molecule has 1 aromatic rings. The summed E-state index contributed by atoms with van der Waals surface area (Å²) in [6, 6.07) is 1.84. The summed E-state index contributed by atoms with van der Waals surface area (Å²) in [7, 11) is 0. The van der Waals surface area contributed by atoms with E-state index in [4.69, 9.17) is 10.00 Å². The number of carboxylic acid groups (broad SMARTS) is 1. The Kier molecular flexibility index (Phi) is 3.94. The average molecular weight is 327 g/mol. The lowest BCUT2D eigenvalue weighted by Gasteiger charge is -2.27. The standard InChI is InChI=1S/C14H11F3N2O4/c1-6-9(4-3-8(5-18)10(6)14(15,16)17)19-11(12(20)21)7(2)23-13(19)22/h3-4,7,11H,1-2H3,(H,20,21)/p-1. The normalized spacial score (nSPS) is 21.0. The van der Waals surface area contributed by atoms with Gasteiger partial charge in [-0.25, -0.2) is 4.79 Å². The molecule has 1 saturated heterocycles. The molecule has 0 bridgehead atoms. The number of ether oxygens (including phenoxy) is 1. The van der Waals surface area contributed by atoms with E-state index in [2.05, 4.69) is 0 Å². The van der Waals surface area contributed by atoms with E-state index in [1.807, 2.05) is 0 Å². The Bertz CT molecular complexity index is 724. The number of hydrogen-bond acceptors (Lipinski definition) is 5. The Morgan fingerprint density at radius 3 is 2.52 bits per heavy atom. The third-order valence-corrected chi connectivity index (χ3v) is 3.55. The lowest BCUT2D eigenvalue weighted by molar-refractivity contribution is -0.308. The van der Waals surface area contributed by atoms with Crippen molar-refractivity contribution in [2.75, 3.05) is 4.90 Å². The highest BCUT2D eigenvalue weighted by atomic mass is 19.4. The van der Waals surface area contributed by atoms with E-state index in [0.29, 0.717) is 4.90 Å². The smallest absolute Gasteiger partial charge is 0.418 e. The van der Waals surface area contributed by atoms with Gasteiger partial charge >= 0.3 is 12.3 Å². The van der Waals surface area contributed by atoms with E-state index in [1.165, 1.54) is 13.0 Å². The van der Waals surface area contributed by atoms with Crippen LogP contribution in [0, 0.1) is 18.3 Å². The van der Waals surface area contributed by atoms with Crippen molar-refractivity contribution in [3.63, 3.8) is 0 Å². The van der Waals surface area contributed by atoms with Crippen LogP contribution < -0.4 is 10.0 Å². The minimum Gasteiger partial charge on any atom is -0.548 e. The molecule has 0 aliphatic carbocycles. The van der Waals surface area contributed by atoms with Crippen molar-refractivity contribution < 1.29 is 32.6 Å². The second-order valence-electron chi connectivity index (χ2n) is 4.96. The number of cyclic esters (lactones) is 1. The van der Waals surface area contributed by atoms with E-state index < -0.39 is 47.1 Å². The molecule has 1 heterocycles. The molecule has 0 spiro atoms. The minimum absolute atomic E-state index is 0.292. The first kappa shape index (κ1) is 16.6. The van der Waals surface area contributed by atoms with Gasteiger partial charge in [-0.05, 0) is 31.5 Å². The van der Waals surface area contributed by atoms with Crippen LogP contribution in [0.2, 0.25) is 0 Å². The molecule has 1 amide bonds. The molecule has 122 valence electrons. The highest BCUT2D eigenvalue weighted by Crippen LogP contribution is 2.40. The molecule has 2 atom stereocenters. The number of alkyl halides is 3. The largest absolute Gasteiger partial charge is 0.548 e. The molecular weight excluding hydrogens is 317 g/mol. The summed E-state index contributed by atoms with van der Waals surface area (Å²) in [5.41, 5.74) is -2.57. The van der Waals surface area contributed by atoms with Crippen LogP contribution in [0.4, 0.5) is 23.7 Å². The highest BCUT2D eigenvalue weighted by Gasteiger charge is 2.44. The molecule has 0 radical (unpaired) electrons. The summed E-state index contributed by atoms with van der Waals surface area (Å²) < 4.78 is 44.3. The van der Waals surface area contributed by atoms with Gasteiger partial charge in [0, 0.05) is 0 Å². The second-order valence-corrected chi connectivity index (χ2v) is 4.96. The Hall–Kier alpha value is -2.76. The number of carbonyl (C=O) groups excluding carboxylic acids is 2. The van der Waals surface area contributed by atoms with Crippen molar-refractivity contribution >= 4 is 17.7 Å². The third kappa shape index (κ3) is 2.67. The molecule has 2 unspecified atom stereocenters. The number of nitriles is 1. The summed E-state index contributed by atoms with van der Waals surface area (Å²) in [5, 5.41) is 20.0. The van der Waals surface area contributed by atoms with Gasteiger partial charge in [0.2, 0.25) is 0 Å². The lowest BCUT2D eigenvalue weighted by atomic mass is 9.98. The Balaban J connectivity index is 2.68. The van der Waals surface area contributed by atoms with Gasteiger partial charge < -0.3 is 14.6 Å². The second kappa shape index (κ2) is 5.46. The number of carboxylic acids is 1. The number of anilines is 1. The highest BCUT2D eigenvalue weighted by molar-refractivity contribution is 5.98. The first-order valence-electron chi connectivity index (χ1n) is 6.41. The van der Waals surface area contributed by atoms with Crippen molar-refractivity contribution in [3.05, 3.63) is 28.8 Å². The molecule has 0 N–H and O–H groups in total. The molecular formula is C14H10F3N2O4-. The maximum atomic E-state index is 13.2. The van der Waals surface area contributed by atoms with Gasteiger partial charge in [0.15, 0.2) is 0 Å². The first-order valence-corrected chi connectivity index (χ1v) is 6.41. The quantitative estimate of drug-likeness (QED) is 0.817. The molecule has 0 saturated carbocycles. The fraction of sp³-hybridized carbons (Fsp3) is 0.357. The molecule has 2 rings (SSSR count). The van der Waals surface area contributed by atoms with Crippen LogP contribution in [0.5, 0.6) is 0 Å². The van der Waals surface area contributed by atoms with Crippen molar-refractivity contribution in [1.29, 1.82) is 5.26 Å². The predicted octanol–water partition coefficient (Wildman–Crippen LogP) is 1.35.